The summed E-state index contributed by atoms with van der Waals surface area (Å²) in [6.45, 7) is 11.5. The molecule has 0 aliphatic carbocycles. The van der Waals surface area contributed by atoms with E-state index in [1.54, 1.807) is 7.11 Å². The molecule has 0 radical (unpaired) electrons. The van der Waals surface area contributed by atoms with Gasteiger partial charge in [-0.25, -0.2) is 0 Å². The number of ether oxygens (including phenoxy) is 1. The number of nitrogens with two attached hydrogens (primary N) is 1. The molecule has 4 nitrogen and oxygen atoms in total. The summed E-state index contributed by atoms with van der Waals surface area (Å²) < 4.78 is 5.45. The first kappa shape index (κ1) is 19.9. The van der Waals surface area contributed by atoms with Crippen LogP contribution in [0.2, 0.25) is 0 Å². The fourth-order valence-corrected chi connectivity index (χ4v) is 4.03. The Morgan fingerprint density at radius 1 is 1.28 bits per heavy atom. The smallest absolute Gasteiger partial charge is 0.143 e. The molecule has 0 saturated carbocycles. The van der Waals surface area contributed by atoms with E-state index in [2.05, 4.69) is 49.8 Å². The Balaban J connectivity index is 2.04. The summed E-state index contributed by atoms with van der Waals surface area (Å²) in [5.74, 6) is 2.44. The molecule has 0 spiro atoms. The Labute approximate surface area is 154 Å². The zero-order chi connectivity index (χ0) is 18.4. The summed E-state index contributed by atoms with van der Waals surface area (Å²) in [5, 5.41) is 0. The Kier molecular flexibility index (Phi) is 7.42. The van der Waals surface area contributed by atoms with Crippen molar-refractivity contribution in [1.29, 1.82) is 0 Å². The van der Waals surface area contributed by atoms with Gasteiger partial charge in [-0.2, -0.15) is 0 Å². The van der Waals surface area contributed by atoms with E-state index in [4.69, 9.17) is 10.5 Å². The molecule has 4 heteroatoms. The van der Waals surface area contributed by atoms with Gasteiger partial charge in [0.1, 0.15) is 5.75 Å². The van der Waals surface area contributed by atoms with Gasteiger partial charge in [-0.15, -0.1) is 0 Å². The van der Waals surface area contributed by atoms with Gasteiger partial charge in [-0.1, -0.05) is 13.8 Å². The Morgan fingerprint density at radius 2 is 1.96 bits per heavy atom. The van der Waals surface area contributed by atoms with Crippen molar-refractivity contribution >= 4 is 11.4 Å². The van der Waals surface area contributed by atoms with Crippen molar-refractivity contribution in [2.75, 3.05) is 51.0 Å². The minimum Gasteiger partial charge on any atom is -0.495 e. The number of anilines is 2. The van der Waals surface area contributed by atoms with Crippen LogP contribution in [-0.2, 0) is 6.42 Å². The molecule has 1 aliphatic heterocycles. The van der Waals surface area contributed by atoms with Crippen molar-refractivity contribution in [3.8, 4) is 5.75 Å². The van der Waals surface area contributed by atoms with E-state index in [1.807, 2.05) is 0 Å². The zero-order valence-corrected chi connectivity index (χ0v) is 16.8. The number of hydrogen-bond donors (Lipinski definition) is 1. The third-order valence-corrected chi connectivity index (χ3v) is 5.96. The molecule has 0 amide bonds. The van der Waals surface area contributed by atoms with Gasteiger partial charge in [-0.05, 0) is 76.2 Å². The lowest BCUT2D eigenvalue weighted by atomic mass is 9.83. The number of nitrogens with zero attached hydrogens (tertiary/aromatic N) is 2. The van der Waals surface area contributed by atoms with Gasteiger partial charge in [-0.3, -0.25) is 0 Å². The number of methoxy groups -OCH3 is 1. The first-order valence-corrected chi connectivity index (χ1v) is 9.89. The molecule has 1 aromatic rings. The van der Waals surface area contributed by atoms with Crippen LogP contribution in [-0.4, -0.2) is 45.2 Å². The molecular formula is C21H37N3O. The number of rotatable bonds is 8. The molecule has 1 aliphatic rings. The third kappa shape index (κ3) is 5.04. The van der Waals surface area contributed by atoms with Gasteiger partial charge in [0.15, 0.2) is 0 Å². The number of aryl methyl sites for hydroxylation is 1. The molecule has 2 N–H and O–H groups in total. The van der Waals surface area contributed by atoms with Crippen LogP contribution in [0.1, 0.15) is 45.6 Å². The SMILES string of the molecule is CCc1cc(N)c(OC)cc1N(CC)CCC(C)C1CCN(C)CC1. The van der Waals surface area contributed by atoms with Crippen LogP contribution in [0.4, 0.5) is 11.4 Å². The van der Waals surface area contributed by atoms with E-state index in [0.29, 0.717) is 0 Å². The quantitative estimate of drug-likeness (QED) is 0.721. The van der Waals surface area contributed by atoms with Gasteiger partial charge in [0, 0.05) is 24.8 Å². The summed E-state index contributed by atoms with van der Waals surface area (Å²) in [6, 6.07) is 4.20. The minimum absolute atomic E-state index is 0.735. The van der Waals surface area contributed by atoms with E-state index >= 15 is 0 Å². The van der Waals surface area contributed by atoms with Crippen LogP contribution in [0.15, 0.2) is 12.1 Å². The van der Waals surface area contributed by atoms with Crippen molar-refractivity contribution in [3.63, 3.8) is 0 Å². The lowest BCUT2D eigenvalue weighted by Gasteiger charge is -2.34. The first-order chi connectivity index (χ1) is 12.0. The van der Waals surface area contributed by atoms with E-state index in [0.717, 1.165) is 42.8 Å². The highest BCUT2D eigenvalue weighted by Crippen LogP contribution is 2.33. The average molecular weight is 348 g/mol. The van der Waals surface area contributed by atoms with Crippen molar-refractivity contribution in [2.24, 2.45) is 11.8 Å². The second-order valence-electron chi connectivity index (χ2n) is 7.56. The van der Waals surface area contributed by atoms with Crippen molar-refractivity contribution in [2.45, 2.75) is 46.5 Å². The minimum atomic E-state index is 0.735. The van der Waals surface area contributed by atoms with E-state index in [-0.39, 0.29) is 0 Å². The average Bonchev–Trinajstić information content (AvgIpc) is 2.63. The summed E-state index contributed by atoms with van der Waals surface area (Å²) in [4.78, 5) is 4.95. The van der Waals surface area contributed by atoms with Crippen molar-refractivity contribution in [1.82, 2.24) is 4.90 Å². The highest BCUT2D eigenvalue weighted by Gasteiger charge is 2.23. The Hall–Kier alpha value is -1.42. The molecule has 0 aromatic heterocycles. The van der Waals surface area contributed by atoms with Crippen LogP contribution >= 0.6 is 0 Å². The Morgan fingerprint density at radius 3 is 2.52 bits per heavy atom. The molecular weight excluding hydrogens is 310 g/mol. The molecule has 2 rings (SSSR count). The van der Waals surface area contributed by atoms with Crippen molar-refractivity contribution < 1.29 is 4.74 Å². The maximum atomic E-state index is 6.10. The third-order valence-electron chi connectivity index (χ3n) is 5.96. The summed E-state index contributed by atoms with van der Waals surface area (Å²) in [5.41, 5.74) is 9.43. The monoisotopic (exact) mass is 347 g/mol. The number of likely N-dealkylation sites (tertiary alicyclic amines) is 1. The van der Waals surface area contributed by atoms with Gasteiger partial charge < -0.3 is 20.3 Å². The van der Waals surface area contributed by atoms with Crippen molar-refractivity contribution in [3.05, 3.63) is 17.7 Å². The molecule has 1 unspecified atom stereocenters. The molecule has 0 bridgehead atoms. The van der Waals surface area contributed by atoms with Gasteiger partial charge in [0.2, 0.25) is 0 Å². The lowest BCUT2D eigenvalue weighted by Crippen LogP contribution is -2.34. The molecule has 1 saturated heterocycles. The summed E-state index contributed by atoms with van der Waals surface area (Å²) in [7, 11) is 3.93. The van der Waals surface area contributed by atoms with Gasteiger partial charge >= 0.3 is 0 Å². The normalized spacial score (nSPS) is 17.5. The highest BCUT2D eigenvalue weighted by atomic mass is 16.5. The maximum absolute atomic E-state index is 6.10. The van der Waals surface area contributed by atoms with E-state index in [1.165, 1.54) is 43.6 Å². The summed E-state index contributed by atoms with van der Waals surface area (Å²) >= 11 is 0. The number of nitrogen functional groups attached to an aromatic ring is 1. The van der Waals surface area contributed by atoms with Crippen LogP contribution < -0.4 is 15.4 Å². The predicted molar refractivity (Wildman–Crippen MR) is 109 cm³/mol. The van der Waals surface area contributed by atoms with E-state index < -0.39 is 0 Å². The fourth-order valence-electron chi connectivity index (χ4n) is 4.03. The maximum Gasteiger partial charge on any atom is 0.143 e. The largest absolute Gasteiger partial charge is 0.495 e. The van der Waals surface area contributed by atoms with Crippen LogP contribution in [0.3, 0.4) is 0 Å². The molecule has 142 valence electrons. The molecule has 1 fully saturated rings. The Bertz CT molecular complexity index is 538. The fraction of sp³-hybridized carbons (Fsp3) is 0.714. The molecule has 1 aromatic carbocycles. The second kappa shape index (κ2) is 9.33. The highest BCUT2D eigenvalue weighted by molar-refractivity contribution is 5.67. The number of hydrogen-bond acceptors (Lipinski definition) is 4. The van der Waals surface area contributed by atoms with Crippen LogP contribution in [0.5, 0.6) is 5.75 Å². The van der Waals surface area contributed by atoms with Crippen LogP contribution in [0.25, 0.3) is 0 Å². The zero-order valence-electron chi connectivity index (χ0n) is 16.8. The van der Waals surface area contributed by atoms with E-state index in [9.17, 15) is 0 Å². The molecule has 1 atom stereocenters. The summed E-state index contributed by atoms with van der Waals surface area (Å²) in [6.07, 6.45) is 4.93. The standard InChI is InChI=1S/C21H37N3O/c1-6-17-14-19(22)21(25-5)15-20(17)24(7-2)13-8-16(3)18-9-11-23(4)12-10-18/h14-16,18H,6-13,22H2,1-5H3. The van der Waals surface area contributed by atoms with Gasteiger partial charge in [0.05, 0.1) is 12.8 Å². The second-order valence-corrected chi connectivity index (χ2v) is 7.56. The van der Waals surface area contributed by atoms with Gasteiger partial charge in [0.25, 0.3) is 0 Å². The first-order valence-electron chi connectivity index (χ1n) is 9.89. The number of piperidine rings is 1. The topological polar surface area (TPSA) is 41.7 Å². The molecule has 1 heterocycles. The van der Waals surface area contributed by atoms with Crippen LogP contribution in [0, 0.1) is 11.8 Å². The predicted octanol–water partition coefficient (Wildman–Crippen LogP) is 4.03. The molecule has 25 heavy (non-hydrogen) atoms. The lowest BCUT2D eigenvalue weighted by molar-refractivity contribution is 0.174. The number of benzene rings is 1.